The van der Waals surface area contributed by atoms with E-state index in [4.69, 9.17) is 9.47 Å². The van der Waals surface area contributed by atoms with Gasteiger partial charge in [-0.3, -0.25) is 0 Å². The molecule has 2 N–H and O–H groups in total. The maximum Gasteiger partial charge on any atom is 0.410 e. The standard InChI is InChI=1S/C25H34N4O4/c1-17-7-12-22(32-6)21(15-17)27-23(30)26-19-8-10-20(11-9-19)28-13-14-29(18(2)16-28)24(31)33-25(3,4)5/h7-12,15,18H,13-14,16H2,1-6H3,(H2,26,27,30). The molecular formula is C25H34N4O4. The molecular weight excluding hydrogens is 420 g/mol. The van der Waals surface area contributed by atoms with E-state index in [-0.39, 0.29) is 18.2 Å². The topological polar surface area (TPSA) is 83.1 Å². The van der Waals surface area contributed by atoms with Gasteiger partial charge in [0.1, 0.15) is 11.4 Å². The molecule has 0 saturated carbocycles. The Morgan fingerprint density at radius 1 is 1.03 bits per heavy atom. The molecule has 1 atom stereocenters. The summed E-state index contributed by atoms with van der Waals surface area (Å²) in [7, 11) is 1.57. The van der Waals surface area contributed by atoms with Crippen molar-refractivity contribution in [2.24, 2.45) is 0 Å². The van der Waals surface area contributed by atoms with E-state index in [1.165, 1.54) is 0 Å². The Balaban J connectivity index is 1.57. The molecule has 8 nitrogen and oxygen atoms in total. The average molecular weight is 455 g/mol. The number of benzene rings is 2. The van der Waals surface area contributed by atoms with Gasteiger partial charge in [0.05, 0.1) is 12.8 Å². The Labute approximate surface area is 195 Å². The molecule has 1 saturated heterocycles. The van der Waals surface area contributed by atoms with Crippen molar-refractivity contribution in [2.45, 2.75) is 46.3 Å². The van der Waals surface area contributed by atoms with Gasteiger partial charge in [0.15, 0.2) is 0 Å². The van der Waals surface area contributed by atoms with Crippen LogP contribution >= 0.6 is 0 Å². The first-order valence-corrected chi connectivity index (χ1v) is 11.1. The van der Waals surface area contributed by atoms with Crippen molar-refractivity contribution in [2.75, 3.05) is 42.3 Å². The Morgan fingerprint density at radius 2 is 1.73 bits per heavy atom. The zero-order valence-electron chi connectivity index (χ0n) is 20.3. The summed E-state index contributed by atoms with van der Waals surface area (Å²) in [5.74, 6) is 0.603. The first-order chi connectivity index (χ1) is 15.6. The number of nitrogens with one attached hydrogen (secondary N) is 2. The Morgan fingerprint density at radius 3 is 2.33 bits per heavy atom. The molecule has 1 aliphatic rings. The summed E-state index contributed by atoms with van der Waals surface area (Å²) in [5, 5.41) is 5.68. The molecule has 1 fully saturated rings. The monoisotopic (exact) mass is 454 g/mol. The number of hydrogen-bond donors (Lipinski definition) is 2. The molecule has 8 heteroatoms. The van der Waals surface area contributed by atoms with E-state index in [0.29, 0.717) is 36.8 Å². The number of methoxy groups -OCH3 is 1. The van der Waals surface area contributed by atoms with Crippen LogP contribution < -0.4 is 20.3 Å². The highest BCUT2D eigenvalue weighted by Gasteiger charge is 2.30. The lowest BCUT2D eigenvalue weighted by Gasteiger charge is -2.41. The van der Waals surface area contributed by atoms with E-state index in [2.05, 4.69) is 15.5 Å². The molecule has 3 amide bonds. The summed E-state index contributed by atoms with van der Waals surface area (Å²) in [5.41, 5.74) is 2.85. The largest absolute Gasteiger partial charge is 0.495 e. The lowest BCUT2D eigenvalue weighted by atomic mass is 10.1. The summed E-state index contributed by atoms with van der Waals surface area (Å²) in [6.07, 6.45) is -0.273. The summed E-state index contributed by atoms with van der Waals surface area (Å²) in [6, 6.07) is 13.0. The highest BCUT2D eigenvalue weighted by molar-refractivity contribution is 6.00. The van der Waals surface area contributed by atoms with Gasteiger partial charge in [-0.15, -0.1) is 0 Å². The third-order valence-corrected chi connectivity index (χ3v) is 5.35. The second-order valence-electron chi connectivity index (χ2n) is 9.30. The fourth-order valence-electron chi connectivity index (χ4n) is 3.74. The molecule has 0 radical (unpaired) electrons. The van der Waals surface area contributed by atoms with Crippen molar-refractivity contribution < 1.29 is 19.1 Å². The first-order valence-electron chi connectivity index (χ1n) is 11.1. The molecule has 0 aromatic heterocycles. The number of carbonyl (C=O) groups is 2. The summed E-state index contributed by atoms with van der Waals surface area (Å²) in [4.78, 5) is 28.9. The molecule has 0 aliphatic carbocycles. The molecule has 1 aliphatic heterocycles. The summed E-state index contributed by atoms with van der Waals surface area (Å²) >= 11 is 0. The number of nitrogens with zero attached hydrogens (tertiary/aromatic N) is 2. The van der Waals surface area contributed by atoms with Crippen molar-refractivity contribution in [3.63, 3.8) is 0 Å². The van der Waals surface area contributed by atoms with Crippen LogP contribution in [-0.4, -0.2) is 55.4 Å². The number of anilines is 3. The fourth-order valence-corrected chi connectivity index (χ4v) is 3.74. The molecule has 3 rings (SSSR count). The molecule has 33 heavy (non-hydrogen) atoms. The molecule has 1 heterocycles. The fraction of sp³-hybridized carbons (Fsp3) is 0.440. The minimum atomic E-state index is -0.506. The molecule has 178 valence electrons. The first kappa shape index (κ1) is 24.2. The Kier molecular flexibility index (Phi) is 7.36. The number of piperazine rings is 1. The molecule has 0 spiro atoms. The van der Waals surface area contributed by atoms with E-state index < -0.39 is 5.60 Å². The van der Waals surface area contributed by atoms with Crippen molar-refractivity contribution in [3.8, 4) is 5.75 Å². The van der Waals surface area contributed by atoms with E-state index >= 15 is 0 Å². The number of ether oxygens (including phenoxy) is 2. The average Bonchev–Trinajstić information content (AvgIpc) is 2.73. The van der Waals surface area contributed by atoms with E-state index in [9.17, 15) is 9.59 Å². The maximum absolute atomic E-state index is 12.5. The number of aryl methyl sites for hydroxylation is 1. The number of hydrogen-bond acceptors (Lipinski definition) is 5. The quantitative estimate of drug-likeness (QED) is 0.672. The third kappa shape index (κ3) is 6.54. The van der Waals surface area contributed by atoms with Crippen LogP contribution in [0.25, 0.3) is 0 Å². The number of urea groups is 1. The van der Waals surface area contributed by atoms with Gasteiger partial charge in [-0.2, -0.15) is 0 Å². The molecule has 2 aromatic rings. The summed E-state index contributed by atoms with van der Waals surface area (Å²) < 4.78 is 10.8. The van der Waals surface area contributed by atoms with Gasteiger partial charge in [-0.05, 0) is 76.6 Å². The number of carbonyl (C=O) groups excluding carboxylic acids is 2. The lowest BCUT2D eigenvalue weighted by molar-refractivity contribution is 0.0159. The van der Waals surface area contributed by atoms with Crippen molar-refractivity contribution in [1.82, 2.24) is 4.90 Å². The van der Waals surface area contributed by atoms with Crippen LogP contribution in [0.2, 0.25) is 0 Å². The van der Waals surface area contributed by atoms with Crippen LogP contribution in [0.15, 0.2) is 42.5 Å². The van der Waals surface area contributed by atoms with E-state index in [1.807, 2.05) is 77.1 Å². The molecule has 0 bridgehead atoms. The number of rotatable bonds is 4. The van der Waals surface area contributed by atoms with Gasteiger partial charge >= 0.3 is 12.1 Å². The van der Waals surface area contributed by atoms with Gasteiger partial charge in [0, 0.05) is 37.1 Å². The highest BCUT2D eigenvalue weighted by atomic mass is 16.6. The maximum atomic E-state index is 12.5. The highest BCUT2D eigenvalue weighted by Crippen LogP contribution is 2.26. The summed E-state index contributed by atoms with van der Waals surface area (Å²) in [6.45, 7) is 11.6. The minimum absolute atomic E-state index is 0.0292. The van der Waals surface area contributed by atoms with Crippen LogP contribution in [0.4, 0.5) is 26.7 Å². The van der Waals surface area contributed by atoms with Gasteiger partial charge in [0.2, 0.25) is 0 Å². The van der Waals surface area contributed by atoms with Crippen molar-refractivity contribution >= 4 is 29.2 Å². The smallest absolute Gasteiger partial charge is 0.410 e. The van der Waals surface area contributed by atoms with Gasteiger partial charge < -0.3 is 29.9 Å². The van der Waals surface area contributed by atoms with Crippen LogP contribution in [0.3, 0.4) is 0 Å². The second-order valence-corrected chi connectivity index (χ2v) is 9.30. The SMILES string of the molecule is COc1ccc(C)cc1NC(=O)Nc1ccc(N2CCN(C(=O)OC(C)(C)C)C(C)C2)cc1. The van der Waals surface area contributed by atoms with Gasteiger partial charge in [-0.1, -0.05) is 6.07 Å². The predicted molar refractivity (Wildman–Crippen MR) is 131 cm³/mol. The van der Waals surface area contributed by atoms with Crippen LogP contribution in [0, 0.1) is 6.92 Å². The molecule has 1 unspecified atom stereocenters. The predicted octanol–water partition coefficient (Wildman–Crippen LogP) is 5.09. The minimum Gasteiger partial charge on any atom is -0.495 e. The normalized spacial score (nSPS) is 16.2. The van der Waals surface area contributed by atoms with Crippen molar-refractivity contribution in [3.05, 3.63) is 48.0 Å². The van der Waals surface area contributed by atoms with E-state index in [1.54, 1.807) is 12.0 Å². The Hall–Kier alpha value is -3.42. The zero-order valence-corrected chi connectivity index (χ0v) is 20.3. The third-order valence-electron chi connectivity index (χ3n) is 5.35. The van der Waals surface area contributed by atoms with E-state index in [0.717, 1.165) is 11.3 Å². The van der Waals surface area contributed by atoms with Gasteiger partial charge in [-0.25, -0.2) is 9.59 Å². The Bertz CT molecular complexity index is 985. The zero-order chi connectivity index (χ0) is 24.2. The lowest BCUT2D eigenvalue weighted by Crippen LogP contribution is -2.55. The van der Waals surface area contributed by atoms with Crippen molar-refractivity contribution in [1.29, 1.82) is 0 Å². The molecule has 2 aromatic carbocycles. The van der Waals surface area contributed by atoms with Crippen LogP contribution in [-0.2, 0) is 4.74 Å². The number of amides is 3. The van der Waals surface area contributed by atoms with Gasteiger partial charge in [0.25, 0.3) is 0 Å². The van der Waals surface area contributed by atoms with Crippen LogP contribution in [0.5, 0.6) is 5.75 Å². The van der Waals surface area contributed by atoms with Crippen LogP contribution in [0.1, 0.15) is 33.3 Å². The second kappa shape index (κ2) is 10.0.